The van der Waals surface area contributed by atoms with Crippen LogP contribution in [0.25, 0.3) is 0 Å². The molecular formula is C12H22N2O4. The van der Waals surface area contributed by atoms with Gasteiger partial charge in [-0.2, -0.15) is 0 Å². The van der Waals surface area contributed by atoms with Gasteiger partial charge in [0.15, 0.2) is 0 Å². The number of hydrogen-bond donors (Lipinski definition) is 1. The van der Waals surface area contributed by atoms with E-state index in [1.807, 2.05) is 13.8 Å². The molecule has 0 aliphatic carbocycles. The van der Waals surface area contributed by atoms with Gasteiger partial charge in [-0.3, -0.25) is 4.79 Å². The molecule has 1 N–H and O–H groups in total. The van der Waals surface area contributed by atoms with Crippen LogP contribution >= 0.6 is 0 Å². The molecule has 1 rings (SSSR count). The molecule has 2 amide bonds. The molecule has 0 saturated carbocycles. The van der Waals surface area contributed by atoms with E-state index in [1.54, 1.807) is 12.0 Å². The van der Waals surface area contributed by atoms with Crippen molar-refractivity contribution in [2.24, 2.45) is 5.92 Å². The summed E-state index contributed by atoms with van der Waals surface area (Å²) < 4.78 is 9.77. The molecule has 18 heavy (non-hydrogen) atoms. The van der Waals surface area contributed by atoms with Crippen molar-refractivity contribution in [1.82, 2.24) is 10.2 Å². The number of amides is 2. The Balaban J connectivity index is 2.63. The van der Waals surface area contributed by atoms with Gasteiger partial charge in [0.1, 0.15) is 6.04 Å². The van der Waals surface area contributed by atoms with Crippen molar-refractivity contribution in [3.8, 4) is 0 Å². The topological polar surface area (TPSA) is 67.9 Å². The molecule has 0 spiro atoms. The highest BCUT2D eigenvalue weighted by molar-refractivity contribution is 5.86. The van der Waals surface area contributed by atoms with E-state index in [2.05, 4.69) is 10.1 Å². The van der Waals surface area contributed by atoms with Gasteiger partial charge in [0, 0.05) is 20.2 Å². The Bertz CT molecular complexity index is 306. The molecule has 1 aliphatic heterocycles. The minimum atomic E-state index is -0.579. The van der Waals surface area contributed by atoms with Crippen molar-refractivity contribution in [2.45, 2.75) is 32.4 Å². The van der Waals surface area contributed by atoms with Gasteiger partial charge in [-0.1, -0.05) is 13.8 Å². The average molecular weight is 258 g/mol. The third-order valence-electron chi connectivity index (χ3n) is 3.18. The minimum Gasteiger partial charge on any atom is -0.453 e. The van der Waals surface area contributed by atoms with Gasteiger partial charge in [-0.15, -0.1) is 0 Å². The third-order valence-corrected chi connectivity index (χ3v) is 3.18. The maximum absolute atomic E-state index is 12.3. The van der Waals surface area contributed by atoms with Gasteiger partial charge in [0.25, 0.3) is 0 Å². The molecule has 6 heteroatoms. The summed E-state index contributed by atoms with van der Waals surface area (Å²) in [6.07, 6.45) is 0.357. The largest absolute Gasteiger partial charge is 0.453 e. The van der Waals surface area contributed by atoms with Crippen LogP contribution in [0.5, 0.6) is 0 Å². The lowest BCUT2D eigenvalue weighted by atomic mass is 10.0. The zero-order chi connectivity index (χ0) is 13.7. The maximum atomic E-state index is 12.3. The lowest BCUT2D eigenvalue weighted by Gasteiger charge is -2.26. The third kappa shape index (κ3) is 3.60. The second-order valence-electron chi connectivity index (χ2n) is 4.79. The minimum absolute atomic E-state index is 0.0122. The summed E-state index contributed by atoms with van der Waals surface area (Å²) in [5.74, 6) is -0.0619. The number of likely N-dealkylation sites (tertiary alicyclic amines) is 1. The van der Waals surface area contributed by atoms with Crippen LogP contribution in [0.15, 0.2) is 0 Å². The molecular weight excluding hydrogens is 236 g/mol. The first-order valence-electron chi connectivity index (χ1n) is 6.15. The van der Waals surface area contributed by atoms with Gasteiger partial charge < -0.3 is 19.7 Å². The molecule has 1 fully saturated rings. The number of hydrogen-bond acceptors (Lipinski definition) is 4. The van der Waals surface area contributed by atoms with E-state index in [1.165, 1.54) is 7.11 Å². The first-order chi connectivity index (χ1) is 8.49. The maximum Gasteiger partial charge on any atom is 0.407 e. The smallest absolute Gasteiger partial charge is 0.407 e. The van der Waals surface area contributed by atoms with E-state index in [4.69, 9.17) is 4.74 Å². The fourth-order valence-electron chi connectivity index (χ4n) is 2.02. The quantitative estimate of drug-likeness (QED) is 0.802. The van der Waals surface area contributed by atoms with Crippen LogP contribution in [-0.2, 0) is 14.3 Å². The van der Waals surface area contributed by atoms with Crippen LogP contribution in [0.4, 0.5) is 4.79 Å². The molecule has 2 atom stereocenters. The van der Waals surface area contributed by atoms with Crippen LogP contribution in [0, 0.1) is 5.92 Å². The zero-order valence-corrected chi connectivity index (χ0v) is 11.4. The van der Waals surface area contributed by atoms with Crippen LogP contribution in [0.3, 0.4) is 0 Å². The number of alkyl carbamates (subject to hydrolysis) is 1. The number of ether oxygens (including phenoxy) is 2. The van der Waals surface area contributed by atoms with Crippen LogP contribution in [0.2, 0.25) is 0 Å². The highest BCUT2D eigenvalue weighted by atomic mass is 16.5. The summed E-state index contributed by atoms with van der Waals surface area (Å²) in [4.78, 5) is 25.3. The SMILES string of the molecule is COC(=O)NC(C(=O)N1CC[C@@H](OC)C1)C(C)C. The average Bonchev–Trinajstić information content (AvgIpc) is 2.83. The monoisotopic (exact) mass is 258 g/mol. The van der Waals surface area contributed by atoms with Gasteiger partial charge in [-0.25, -0.2) is 4.79 Å². The van der Waals surface area contributed by atoms with Crippen LogP contribution < -0.4 is 5.32 Å². The molecule has 6 nitrogen and oxygen atoms in total. The Hall–Kier alpha value is -1.30. The van der Waals surface area contributed by atoms with E-state index in [-0.39, 0.29) is 17.9 Å². The van der Waals surface area contributed by atoms with Crippen molar-refractivity contribution in [1.29, 1.82) is 0 Å². The predicted molar refractivity (Wildman–Crippen MR) is 66.2 cm³/mol. The fourth-order valence-corrected chi connectivity index (χ4v) is 2.02. The normalized spacial score (nSPS) is 20.9. The van der Waals surface area contributed by atoms with Crippen molar-refractivity contribution in [3.63, 3.8) is 0 Å². The van der Waals surface area contributed by atoms with Crippen LogP contribution in [0.1, 0.15) is 20.3 Å². The number of nitrogens with one attached hydrogen (secondary N) is 1. The van der Waals surface area contributed by atoms with Crippen molar-refractivity contribution >= 4 is 12.0 Å². The Kier molecular flexibility index (Phi) is 5.40. The first-order valence-corrected chi connectivity index (χ1v) is 6.15. The Morgan fingerprint density at radius 3 is 2.44 bits per heavy atom. The van der Waals surface area contributed by atoms with Gasteiger partial charge in [0.05, 0.1) is 13.2 Å². The summed E-state index contributed by atoms with van der Waals surface area (Å²) in [5.41, 5.74) is 0. The fraction of sp³-hybridized carbons (Fsp3) is 0.833. The molecule has 0 aromatic carbocycles. The molecule has 1 heterocycles. The number of carbonyl (C=O) groups excluding carboxylic acids is 2. The summed E-state index contributed by atoms with van der Waals surface area (Å²) in [6, 6.07) is -0.548. The summed E-state index contributed by atoms with van der Waals surface area (Å²) >= 11 is 0. The first kappa shape index (κ1) is 14.8. The Morgan fingerprint density at radius 2 is 2.00 bits per heavy atom. The van der Waals surface area contributed by atoms with Gasteiger partial charge in [-0.05, 0) is 12.3 Å². The van der Waals surface area contributed by atoms with Crippen LogP contribution in [-0.4, -0.2) is 56.4 Å². The summed E-state index contributed by atoms with van der Waals surface area (Å²) in [5, 5.41) is 2.58. The Morgan fingerprint density at radius 1 is 1.33 bits per heavy atom. The number of methoxy groups -OCH3 is 2. The summed E-state index contributed by atoms with van der Waals surface area (Å²) in [6.45, 7) is 5.04. The second kappa shape index (κ2) is 6.58. The van der Waals surface area contributed by atoms with E-state index >= 15 is 0 Å². The molecule has 0 radical (unpaired) electrons. The lowest BCUT2D eigenvalue weighted by Crippen LogP contribution is -2.50. The second-order valence-corrected chi connectivity index (χ2v) is 4.79. The molecule has 104 valence electrons. The Labute approximate surface area is 108 Å². The summed E-state index contributed by atoms with van der Waals surface area (Å²) in [7, 11) is 2.93. The highest BCUT2D eigenvalue weighted by Crippen LogP contribution is 2.15. The van der Waals surface area contributed by atoms with Crippen molar-refractivity contribution in [3.05, 3.63) is 0 Å². The van der Waals surface area contributed by atoms with E-state index < -0.39 is 12.1 Å². The molecule has 0 aromatic rings. The van der Waals surface area contributed by atoms with Crippen molar-refractivity contribution in [2.75, 3.05) is 27.3 Å². The van der Waals surface area contributed by atoms with Gasteiger partial charge in [0.2, 0.25) is 5.91 Å². The molecule has 1 aliphatic rings. The molecule has 1 unspecified atom stereocenters. The van der Waals surface area contributed by atoms with Crippen molar-refractivity contribution < 1.29 is 19.1 Å². The van der Waals surface area contributed by atoms with Gasteiger partial charge >= 0.3 is 6.09 Å². The number of carbonyl (C=O) groups is 2. The predicted octanol–water partition coefficient (Wildman–Crippen LogP) is 0.614. The van der Waals surface area contributed by atoms with E-state index in [9.17, 15) is 9.59 Å². The van der Waals surface area contributed by atoms with E-state index in [0.717, 1.165) is 6.42 Å². The number of nitrogens with zero attached hydrogens (tertiary/aromatic N) is 1. The lowest BCUT2D eigenvalue weighted by molar-refractivity contribution is -0.133. The molecule has 0 bridgehead atoms. The highest BCUT2D eigenvalue weighted by Gasteiger charge is 2.33. The van der Waals surface area contributed by atoms with E-state index in [0.29, 0.717) is 13.1 Å². The standard InChI is InChI=1S/C12H22N2O4/c1-8(2)10(13-12(16)18-4)11(15)14-6-5-9(7-14)17-3/h8-10H,5-7H2,1-4H3,(H,13,16)/t9-,10?/m1/s1. The number of rotatable bonds is 4. The zero-order valence-electron chi connectivity index (χ0n) is 11.4. The molecule has 1 saturated heterocycles. The molecule has 0 aromatic heterocycles.